The Morgan fingerprint density at radius 1 is 1.28 bits per heavy atom. The van der Waals surface area contributed by atoms with E-state index in [9.17, 15) is 14.9 Å². The molecule has 3 heterocycles. The highest BCUT2D eigenvalue weighted by Gasteiger charge is 2.38. The second-order valence-corrected chi connectivity index (χ2v) is 10.8. The fourth-order valence-electron chi connectivity index (χ4n) is 4.40. The first-order chi connectivity index (χ1) is 16.9. The number of Topliss-reactive ketones (excluding diaryl/α,β-unsaturated/α-hetero) is 1. The number of nitrogens with zero attached hydrogens (tertiary/aromatic N) is 5. The summed E-state index contributed by atoms with van der Waals surface area (Å²) < 4.78 is 6.94. The van der Waals surface area contributed by atoms with Gasteiger partial charge in [-0.25, -0.2) is 9.78 Å². The van der Waals surface area contributed by atoms with Gasteiger partial charge in [-0.15, -0.1) is 5.10 Å². The van der Waals surface area contributed by atoms with Crippen molar-refractivity contribution in [3.05, 3.63) is 46.7 Å². The Labute approximate surface area is 215 Å². The first-order valence-corrected chi connectivity index (χ1v) is 12.1. The van der Waals surface area contributed by atoms with Crippen LogP contribution < -0.4 is 10.2 Å². The Balaban J connectivity index is 1.78. The van der Waals surface area contributed by atoms with Crippen LogP contribution in [0.15, 0.2) is 30.3 Å². The van der Waals surface area contributed by atoms with Crippen LogP contribution >= 0.6 is 11.6 Å². The highest BCUT2D eigenvalue weighted by molar-refractivity contribution is 6.35. The van der Waals surface area contributed by atoms with Crippen LogP contribution in [0.3, 0.4) is 0 Å². The topological polar surface area (TPSA) is 113 Å². The molecule has 1 atom stereocenters. The first-order valence-electron chi connectivity index (χ1n) is 11.7. The van der Waals surface area contributed by atoms with Gasteiger partial charge in [0.15, 0.2) is 11.4 Å². The van der Waals surface area contributed by atoms with Crippen molar-refractivity contribution in [1.29, 1.82) is 5.26 Å². The number of fused-ring (bicyclic) bond motifs is 1. The molecule has 1 saturated heterocycles. The number of aromatic nitrogens is 3. The first kappa shape index (κ1) is 25.5. The molecule has 0 spiro atoms. The quantitative estimate of drug-likeness (QED) is 0.489. The van der Waals surface area contributed by atoms with Crippen molar-refractivity contribution in [2.45, 2.75) is 46.6 Å². The zero-order valence-corrected chi connectivity index (χ0v) is 21.8. The molecule has 0 unspecified atom stereocenters. The monoisotopic (exact) mass is 508 g/mol. The SMILES string of the molecule is CC(=O)c1nc2c(C#N)c(Cl)c(-c3ccccc3)c(N3CC[C@@](C)(CNC(=O)OC(C)(C)C)C3)n2n1. The van der Waals surface area contributed by atoms with E-state index in [2.05, 4.69) is 33.3 Å². The molecule has 188 valence electrons. The second kappa shape index (κ2) is 9.43. The summed E-state index contributed by atoms with van der Waals surface area (Å²) >= 11 is 6.84. The minimum absolute atomic E-state index is 0.0163. The van der Waals surface area contributed by atoms with Crippen molar-refractivity contribution in [3.8, 4) is 17.2 Å². The van der Waals surface area contributed by atoms with Crippen LogP contribution in [-0.4, -0.2) is 51.7 Å². The van der Waals surface area contributed by atoms with Crippen LogP contribution in [0.2, 0.25) is 5.02 Å². The number of anilines is 1. The number of alkyl carbamates (subject to hydrolysis) is 1. The van der Waals surface area contributed by atoms with Gasteiger partial charge in [0.25, 0.3) is 0 Å². The maximum atomic E-state index is 12.3. The number of carbonyl (C=O) groups excluding carboxylic acids is 2. The van der Waals surface area contributed by atoms with Gasteiger partial charge in [-0.05, 0) is 32.8 Å². The molecule has 1 fully saturated rings. The third-order valence-corrected chi connectivity index (χ3v) is 6.48. The molecule has 1 amide bonds. The molecule has 9 nitrogen and oxygen atoms in total. The van der Waals surface area contributed by atoms with Crippen molar-refractivity contribution >= 4 is 34.9 Å². The molecular formula is C26H29ClN6O3. The minimum atomic E-state index is -0.580. The molecule has 0 radical (unpaired) electrons. The number of ketones is 1. The van der Waals surface area contributed by atoms with E-state index in [1.54, 1.807) is 4.52 Å². The normalized spacial score (nSPS) is 17.8. The molecule has 3 aromatic rings. The molecule has 4 rings (SSSR count). The van der Waals surface area contributed by atoms with Gasteiger partial charge in [-0.2, -0.15) is 9.78 Å². The lowest BCUT2D eigenvalue weighted by atomic mass is 9.90. The summed E-state index contributed by atoms with van der Waals surface area (Å²) in [6.07, 6.45) is 0.322. The molecule has 0 saturated carbocycles. The summed E-state index contributed by atoms with van der Waals surface area (Å²) in [5.41, 5.74) is 1.02. The van der Waals surface area contributed by atoms with E-state index in [1.165, 1.54) is 6.92 Å². The Bertz CT molecular complexity index is 1370. The number of hydrogen-bond acceptors (Lipinski definition) is 7. The van der Waals surface area contributed by atoms with Gasteiger partial charge >= 0.3 is 6.09 Å². The number of hydrogen-bond donors (Lipinski definition) is 1. The molecular weight excluding hydrogens is 480 g/mol. The number of nitriles is 1. The molecule has 0 aliphatic carbocycles. The van der Waals surface area contributed by atoms with Crippen molar-refractivity contribution in [1.82, 2.24) is 19.9 Å². The third-order valence-electron chi connectivity index (χ3n) is 6.10. The lowest BCUT2D eigenvalue weighted by Gasteiger charge is -2.28. The summed E-state index contributed by atoms with van der Waals surface area (Å²) in [5.74, 6) is 0.363. The standard InChI is InChI=1S/C26H29ClN6O3/c1-16(34)21-30-22-18(13-28)20(27)19(17-9-7-6-8-10-17)23(33(22)31-21)32-12-11-26(5,15-32)14-29-24(35)36-25(2,3)4/h6-10H,11-12,14-15H2,1-5H3,(H,29,35)/t26-/m0/s1. The third kappa shape index (κ3) is 5.00. The summed E-state index contributed by atoms with van der Waals surface area (Å²) in [7, 11) is 0. The van der Waals surface area contributed by atoms with Gasteiger partial charge in [-0.1, -0.05) is 48.9 Å². The largest absolute Gasteiger partial charge is 0.444 e. The van der Waals surface area contributed by atoms with Crippen molar-refractivity contribution in [2.75, 3.05) is 24.5 Å². The highest BCUT2D eigenvalue weighted by Crippen LogP contribution is 2.43. The van der Waals surface area contributed by atoms with Gasteiger partial charge < -0.3 is 15.0 Å². The predicted octanol–water partition coefficient (Wildman–Crippen LogP) is 4.87. The van der Waals surface area contributed by atoms with Gasteiger partial charge in [0.1, 0.15) is 23.1 Å². The van der Waals surface area contributed by atoms with Crippen molar-refractivity contribution < 1.29 is 14.3 Å². The molecule has 1 aliphatic rings. The van der Waals surface area contributed by atoms with E-state index >= 15 is 0 Å². The Hall–Kier alpha value is -3.64. The molecule has 0 bridgehead atoms. The second-order valence-electron chi connectivity index (χ2n) is 10.4. The maximum absolute atomic E-state index is 12.3. The van der Waals surface area contributed by atoms with Crippen LogP contribution in [0, 0.1) is 16.7 Å². The smallest absolute Gasteiger partial charge is 0.407 e. The number of halogens is 1. The Morgan fingerprint density at radius 3 is 2.58 bits per heavy atom. The van der Waals surface area contributed by atoms with E-state index in [1.807, 2.05) is 51.1 Å². The van der Waals surface area contributed by atoms with Gasteiger partial charge in [0.05, 0.1) is 5.02 Å². The van der Waals surface area contributed by atoms with E-state index in [0.29, 0.717) is 31.0 Å². The molecule has 36 heavy (non-hydrogen) atoms. The van der Waals surface area contributed by atoms with E-state index in [-0.39, 0.29) is 33.3 Å². The average molecular weight is 509 g/mol. The summed E-state index contributed by atoms with van der Waals surface area (Å²) in [4.78, 5) is 30.8. The fraction of sp³-hybridized carbons (Fsp3) is 0.423. The number of pyridine rings is 1. The number of ether oxygens (including phenoxy) is 1. The summed E-state index contributed by atoms with van der Waals surface area (Å²) in [5, 5.41) is 17.5. The van der Waals surface area contributed by atoms with Crippen molar-refractivity contribution in [2.24, 2.45) is 5.41 Å². The van der Waals surface area contributed by atoms with E-state index in [0.717, 1.165) is 12.0 Å². The Morgan fingerprint density at radius 2 is 1.97 bits per heavy atom. The van der Waals surface area contributed by atoms with E-state index < -0.39 is 11.7 Å². The molecule has 1 N–H and O–H groups in total. The average Bonchev–Trinajstić information content (AvgIpc) is 3.41. The minimum Gasteiger partial charge on any atom is -0.444 e. The number of rotatable bonds is 5. The predicted molar refractivity (Wildman–Crippen MR) is 137 cm³/mol. The number of nitrogens with one attached hydrogen (secondary N) is 1. The summed E-state index contributed by atoms with van der Waals surface area (Å²) in [6, 6.07) is 11.7. The van der Waals surface area contributed by atoms with Crippen LogP contribution in [0.1, 0.15) is 57.2 Å². The van der Waals surface area contributed by atoms with Gasteiger partial charge in [0.2, 0.25) is 5.82 Å². The zero-order valence-electron chi connectivity index (χ0n) is 21.1. The van der Waals surface area contributed by atoms with Gasteiger partial charge in [0, 0.05) is 37.5 Å². The van der Waals surface area contributed by atoms with E-state index in [4.69, 9.17) is 16.3 Å². The number of amides is 1. The van der Waals surface area contributed by atoms with Crippen LogP contribution in [0.5, 0.6) is 0 Å². The van der Waals surface area contributed by atoms with Crippen molar-refractivity contribution in [3.63, 3.8) is 0 Å². The molecule has 1 aliphatic heterocycles. The fourth-order valence-corrected chi connectivity index (χ4v) is 4.72. The Kier molecular flexibility index (Phi) is 6.67. The number of benzene rings is 1. The molecule has 1 aromatic carbocycles. The van der Waals surface area contributed by atoms with Crippen LogP contribution in [0.25, 0.3) is 16.8 Å². The summed E-state index contributed by atoms with van der Waals surface area (Å²) in [6.45, 7) is 10.6. The van der Waals surface area contributed by atoms with Gasteiger partial charge in [-0.3, -0.25) is 4.79 Å². The lowest BCUT2D eigenvalue weighted by molar-refractivity contribution is 0.0507. The molecule has 2 aromatic heterocycles. The lowest BCUT2D eigenvalue weighted by Crippen LogP contribution is -2.40. The van der Waals surface area contributed by atoms with Crippen LogP contribution in [0.4, 0.5) is 10.6 Å². The number of carbonyl (C=O) groups is 2. The molecule has 10 heteroatoms. The zero-order chi connectivity index (χ0) is 26.3. The van der Waals surface area contributed by atoms with Crippen LogP contribution in [-0.2, 0) is 4.74 Å². The maximum Gasteiger partial charge on any atom is 0.407 e. The highest BCUT2D eigenvalue weighted by atomic mass is 35.5.